The number of para-hydroxylation sites is 1. The molecule has 3 aromatic rings. The van der Waals surface area contributed by atoms with Gasteiger partial charge in [-0.3, -0.25) is 14.3 Å². The van der Waals surface area contributed by atoms with Crippen molar-refractivity contribution in [3.63, 3.8) is 0 Å². The molecule has 1 fully saturated rings. The van der Waals surface area contributed by atoms with Gasteiger partial charge in [0.15, 0.2) is 0 Å². The van der Waals surface area contributed by atoms with Gasteiger partial charge in [-0.05, 0) is 52.2 Å². The Morgan fingerprint density at radius 3 is 2.92 bits per heavy atom. The van der Waals surface area contributed by atoms with E-state index in [4.69, 9.17) is 0 Å². The van der Waals surface area contributed by atoms with Crippen LogP contribution in [0.4, 0.5) is 4.39 Å². The van der Waals surface area contributed by atoms with E-state index in [0.29, 0.717) is 15.4 Å². The monoisotopic (exact) mass is 415 g/mol. The molecule has 1 saturated carbocycles. The normalized spacial score (nSPS) is 18.7. The summed E-state index contributed by atoms with van der Waals surface area (Å²) in [5, 5.41) is 7.55. The van der Waals surface area contributed by atoms with E-state index >= 15 is 0 Å². The number of carbonyl (C=O) groups excluding carboxylic acids is 1. The van der Waals surface area contributed by atoms with Gasteiger partial charge in [-0.25, -0.2) is 4.39 Å². The van der Waals surface area contributed by atoms with Crippen molar-refractivity contribution in [3.05, 3.63) is 74.7 Å². The number of fused-ring (bicyclic) bond motifs is 1. The van der Waals surface area contributed by atoms with E-state index in [-0.39, 0.29) is 35.7 Å². The van der Waals surface area contributed by atoms with Crippen molar-refractivity contribution in [2.45, 2.75) is 24.9 Å². The number of halogens is 2. The Kier molecular flexibility index (Phi) is 4.32. The third-order valence-corrected chi connectivity index (χ3v) is 5.21. The van der Waals surface area contributed by atoms with Crippen LogP contribution in [0.2, 0.25) is 0 Å². The van der Waals surface area contributed by atoms with E-state index in [9.17, 15) is 14.0 Å². The first-order chi connectivity index (χ1) is 12.5. The summed E-state index contributed by atoms with van der Waals surface area (Å²) in [4.78, 5) is 24.2. The van der Waals surface area contributed by atoms with Gasteiger partial charge in [-0.1, -0.05) is 18.2 Å². The lowest BCUT2D eigenvalue weighted by molar-refractivity contribution is -0.121. The second-order valence-corrected chi connectivity index (χ2v) is 7.23. The van der Waals surface area contributed by atoms with Gasteiger partial charge >= 0.3 is 0 Å². The van der Waals surface area contributed by atoms with Crippen LogP contribution in [-0.2, 0) is 11.3 Å². The maximum Gasteiger partial charge on any atom is 0.241 e. The highest BCUT2D eigenvalue weighted by atomic mass is 79.9. The number of hydrogen-bond acceptors (Lipinski definition) is 3. The molecule has 1 heterocycles. The molecule has 0 bridgehead atoms. The lowest BCUT2D eigenvalue weighted by Crippen LogP contribution is -2.31. The molecule has 2 atom stereocenters. The summed E-state index contributed by atoms with van der Waals surface area (Å²) in [6.45, 7) is 0.0265. The van der Waals surface area contributed by atoms with E-state index in [1.54, 1.807) is 30.3 Å². The van der Waals surface area contributed by atoms with Crippen LogP contribution >= 0.6 is 15.9 Å². The average molecular weight is 416 g/mol. The molecule has 1 aliphatic rings. The fourth-order valence-electron chi connectivity index (χ4n) is 3.14. The molecule has 5 nitrogen and oxygen atoms in total. The molecule has 132 valence electrons. The zero-order valence-corrected chi connectivity index (χ0v) is 15.2. The second-order valence-electron chi connectivity index (χ2n) is 6.37. The first-order valence-electron chi connectivity index (χ1n) is 8.22. The SMILES string of the molecule is O=C(Cn1ncc(=O)c2ccccc21)N[C@@H]1C[C@H]1c1ccc(Br)c(F)c1. The molecule has 1 N–H and O–H groups in total. The molecule has 0 unspecified atom stereocenters. The zero-order chi connectivity index (χ0) is 18.3. The molecule has 7 heteroatoms. The smallest absolute Gasteiger partial charge is 0.241 e. The minimum absolute atomic E-state index is 0.00581. The minimum Gasteiger partial charge on any atom is -0.351 e. The molecule has 1 amide bonds. The molecular formula is C19H15BrFN3O2. The third-order valence-electron chi connectivity index (χ3n) is 4.56. The molecule has 1 aromatic heterocycles. The van der Waals surface area contributed by atoms with E-state index in [0.717, 1.165) is 12.0 Å². The first-order valence-corrected chi connectivity index (χ1v) is 9.01. The van der Waals surface area contributed by atoms with Crippen molar-refractivity contribution in [1.29, 1.82) is 0 Å². The zero-order valence-electron chi connectivity index (χ0n) is 13.7. The number of carbonyl (C=O) groups is 1. The van der Waals surface area contributed by atoms with E-state index in [1.807, 2.05) is 6.07 Å². The van der Waals surface area contributed by atoms with Crippen molar-refractivity contribution in [2.24, 2.45) is 0 Å². The van der Waals surface area contributed by atoms with Gasteiger partial charge in [0.1, 0.15) is 12.4 Å². The lowest BCUT2D eigenvalue weighted by atomic mass is 10.1. The molecule has 1 aliphatic carbocycles. The predicted octanol–water partition coefficient (Wildman–Crippen LogP) is 2.97. The summed E-state index contributed by atoms with van der Waals surface area (Å²) < 4.78 is 15.6. The van der Waals surface area contributed by atoms with Gasteiger partial charge in [0.2, 0.25) is 11.3 Å². The molecule has 0 saturated heterocycles. The first kappa shape index (κ1) is 16.9. The van der Waals surface area contributed by atoms with Crippen LogP contribution < -0.4 is 10.7 Å². The Bertz CT molecular complexity index is 1070. The fraction of sp³-hybridized carbons (Fsp3) is 0.211. The van der Waals surface area contributed by atoms with Crippen LogP contribution in [0.3, 0.4) is 0 Å². The summed E-state index contributed by atoms with van der Waals surface area (Å²) in [5.41, 5.74) is 1.33. The molecule has 0 aliphatic heterocycles. The minimum atomic E-state index is -0.302. The number of nitrogens with one attached hydrogen (secondary N) is 1. The lowest BCUT2D eigenvalue weighted by Gasteiger charge is -2.10. The van der Waals surface area contributed by atoms with Gasteiger partial charge in [-0.2, -0.15) is 5.10 Å². The summed E-state index contributed by atoms with van der Waals surface area (Å²) in [5.74, 6) is -0.361. The Labute approximate surface area is 157 Å². The van der Waals surface area contributed by atoms with Crippen LogP contribution in [0, 0.1) is 5.82 Å². The highest BCUT2D eigenvalue weighted by Crippen LogP contribution is 2.41. The van der Waals surface area contributed by atoms with Gasteiger partial charge in [-0.15, -0.1) is 0 Å². The number of hydrogen-bond donors (Lipinski definition) is 1. The van der Waals surface area contributed by atoms with Gasteiger partial charge < -0.3 is 5.32 Å². The predicted molar refractivity (Wildman–Crippen MR) is 99.4 cm³/mol. The van der Waals surface area contributed by atoms with Gasteiger partial charge in [0.05, 0.1) is 16.2 Å². The third kappa shape index (κ3) is 3.26. The van der Waals surface area contributed by atoms with Crippen molar-refractivity contribution in [1.82, 2.24) is 15.1 Å². The number of aromatic nitrogens is 2. The molecule has 0 radical (unpaired) electrons. The molecule has 0 spiro atoms. The number of nitrogens with zero attached hydrogens (tertiary/aromatic N) is 2. The summed E-state index contributed by atoms with van der Waals surface area (Å²) >= 11 is 3.14. The fourth-order valence-corrected chi connectivity index (χ4v) is 3.39. The van der Waals surface area contributed by atoms with E-state index in [2.05, 4.69) is 26.3 Å². The van der Waals surface area contributed by atoms with Crippen molar-refractivity contribution in [3.8, 4) is 0 Å². The van der Waals surface area contributed by atoms with Crippen LogP contribution in [0.15, 0.2) is 57.9 Å². The number of amides is 1. The largest absolute Gasteiger partial charge is 0.351 e. The molecule has 2 aromatic carbocycles. The highest BCUT2D eigenvalue weighted by Gasteiger charge is 2.39. The molecule has 4 rings (SSSR count). The van der Waals surface area contributed by atoms with Crippen molar-refractivity contribution >= 4 is 32.7 Å². The summed E-state index contributed by atoms with van der Waals surface area (Å²) in [7, 11) is 0. The van der Waals surface area contributed by atoms with Crippen LogP contribution in [-0.4, -0.2) is 21.7 Å². The van der Waals surface area contributed by atoms with Crippen LogP contribution in [0.25, 0.3) is 10.9 Å². The summed E-state index contributed by atoms with van der Waals surface area (Å²) in [6, 6.07) is 12.1. The average Bonchev–Trinajstić information content (AvgIpc) is 3.39. The Hall–Kier alpha value is -2.54. The van der Waals surface area contributed by atoms with E-state index < -0.39 is 0 Å². The summed E-state index contributed by atoms with van der Waals surface area (Å²) in [6.07, 6.45) is 2.01. The standard InChI is InChI=1S/C19H15BrFN3O2/c20-14-6-5-11(7-15(14)21)13-8-16(13)23-19(26)10-24-17-4-2-1-3-12(17)18(25)9-22-24/h1-7,9,13,16H,8,10H2,(H,23,26)/t13-,16+/m0/s1. The van der Waals surface area contributed by atoms with Crippen molar-refractivity contribution < 1.29 is 9.18 Å². The maximum atomic E-state index is 13.7. The Balaban J connectivity index is 1.45. The Morgan fingerprint density at radius 1 is 1.31 bits per heavy atom. The maximum absolute atomic E-state index is 13.7. The molecule has 26 heavy (non-hydrogen) atoms. The number of rotatable bonds is 4. The quantitative estimate of drug-likeness (QED) is 0.712. The number of benzene rings is 2. The van der Waals surface area contributed by atoms with Crippen LogP contribution in [0.1, 0.15) is 17.9 Å². The Morgan fingerprint density at radius 2 is 2.12 bits per heavy atom. The molecular weight excluding hydrogens is 401 g/mol. The topological polar surface area (TPSA) is 64.0 Å². The van der Waals surface area contributed by atoms with Gasteiger partial charge in [0, 0.05) is 17.3 Å². The van der Waals surface area contributed by atoms with Gasteiger partial charge in [0.25, 0.3) is 0 Å². The second kappa shape index (κ2) is 6.64. The highest BCUT2D eigenvalue weighted by molar-refractivity contribution is 9.10. The van der Waals surface area contributed by atoms with E-state index in [1.165, 1.54) is 16.9 Å². The van der Waals surface area contributed by atoms with Crippen molar-refractivity contribution in [2.75, 3.05) is 0 Å². The van der Waals surface area contributed by atoms with Crippen LogP contribution in [0.5, 0.6) is 0 Å².